The van der Waals surface area contributed by atoms with Gasteiger partial charge in [-0.3, -0.25) is 9.78 Å². The highest BCUT2D eigenvalue weighted by molar-refractivity contribution is 6.14. The Morgan fingerprint density at radius 3 is 2.91 bits per heavy atom. The molecule has 3 aromatic rings. The summed E-state index contributed by atoms with van der Waals surface area (Å²) in [6.45, 7) is 1.05. The lowest BCUT2D eigenvalue weighted by Gasteiger charge is -2.29. The van der Waals surface area contributed by atoms with Gasteiger partial charge in [0.2, 0.25) is 0 Å². The van der Waals surface area contributed by atoms with Crippen LogP contribution < -0.4 is 9.64 Å². The molecule has 2 heterocycles. The predicted molar refractivity (Wildman–Crippen MR) is 85.4 cm³/mol. The maximum absolute atomic E-state index is 13.0. The number of pyridine rings is 1. The molecule has 108 valence electrons. The topological polar surface area (TPSA) is 42.4 Å². The van der Waals surface area contributed by atoms with Crippen LogP contribution in [0.15, 0.2) is 60.8 Å². The standard InChI is InChI=1S/C18H14N2O2/c21-18(14-5-3-7-15-13(14)6-4-10-19-15)20-11-12-22-17-9-2-1-8-16(17)20/h1-10H,11-12H2. The van der Waals surface area contributed by atoms with Gasteiger partial charge in [0.05, 0.1) is 17.7 Å². The van der Waals surface area contributed by atoms with Gasteiger partial charge in [-0.1, -0.05) is 24.3 Å². The highest BCUT2D eigenvalue weighted by Gasteiger charge is 2.25. The number of rotatable bonds is 1. The van der Waals surface area contributed by atoms with Crippen LogP contribution in [0.1, 0.15) is 10.4 Å². The second-order valence-corrected chi connectivity index (χ2v) is 5.15. The lowest BCUT2D eigenvalue weighted by Crippen LogP contribution is -2.38. The third kappa shape index (κ3) is 2.00. The summed E-state index contributed by atoms with van der Waals surface area (Å²) in [6, 6.07) is 17.1. The van der Waals surface area contributed by atoms with Gasteiger partial charge in [-0.2, -0.15) is 0 Å². The highest BCUT2D eigenvalue weighted by atomic mass is 16.5. The van der Waals surface area contributed by atoms with E-state index < -0.39 is 0 Å². The van der Waals surface area contributed by atoms with E-state index in [1.54, 1.807) is 11.1 Å². The van der Waals surface area contributed by atoms with E-state index in [9.17, 15) is 4.79 Å². The van der Waals surface area contributed by atoms with Gasteiger partial charge in [0.1, 0.15) is 12.4 Å². The second kappa shape index (κ2) is 5.15. The number of aromatic nitrogens is 1. The van der Waals surface area contributed by atoms with Crippen LogP contribution in [0.4, 0.5) is 5.69 Å². The van der Waals surface area contributed by atoms with Gasteiger partial charge in [-0.15, -0.1) is 0 Å². The van der Waals surface area contributed by atoms with E-state index in [0.717, 1.165) is 22.3 Å². The van der Waals surface area contributed by atoms with Crippen LogP contribution in [0.3, 0.4) is 0 Å². The van der Waals surface area contributed by atoms with Crippen molar-refractivity contribution < 1.29 is 9.53 Å². The third-order valence-electron chi connectivity index (χ3n) is 3.85. The van der Waals surface area contributed by atoms with E-state index in [1.165, 1.54) is 0 Å². The number of hydrogen-bond donors (Lipinski definition) is 0. The maximum atomic E-state index is 13.0. The Bertz CT molecular complexity index is 855. The Morgan fingerprint density at radius 2 is 1.95 bits per heavy atom. The molecule has 0 unspecified atom stereocenters. The average Bonchev–Trinajstić information content (AvgIpc) is 2.60. The minimum absolute atomic E-state index is 0.0191. The summed E-state index contributed by atoms with van der Waals surface area (Å²) in [4.78, 5) is 19.1. The zero-order valence-electron chi connectivity index (χ0n) is 11.9. The molecule has 0 N–H and O–H groups in total. The summed E-state index contributed by atoms with van der Waals surface area (Å²) >= 11 is 0. The molecule has 0 atom stereocenters. The van der Waals surface area contributed by atoms with Gasteiger partial charge in [0.15, 0.2) is 0 Å². The molecule has 4 nitrogen and oxygen atoms in total. The summed E-state index contributed by atoms with van der Waals surface area (Å²) in [5.74, 6) is 0.731. The van der Waals surface area contributed by atoms with Gasteiger partial charge in [0, 0.05) is 17.1 Å². The molecular formula is C18H14N2O2. The van der Waals surface area contributed by atoms with E-state index in [-0.39, 0.29) is 5.91 Å². The Labute approximate surface area is 128 Å². The van der Waals surface area contributed by atoms with Crippen LogP contribution >= 0.6 is 0 Å². The molecular weight excluding hydrogens is 276 g/mol. The average molecular weight is 290 g/mol. The van der Waals surface area contributed by atoms with Gasteiger partial charge in [-0.25, -0.2) is 0 Å². The molecule has 1 amide bonds. The first-order chi connectivity index (χ1) is 10.8. The first-order valence-corrected chi connectivity index (χ1v) is 7.22. The molecule has 1 aromatic heterocycles. The number of hydrogen-bond acceptors (Lipinski definition) is 3. The molecule has 0 spiro atoms. The van der Waals surface area contributed by atoms with Crippen molar-refractivity contribution in [2.75, 3.05) is 18.1 Å². The van der Waals surface area contributed by atoms with Gasteiger partial charge in [0.25, 0.3) is 5.91 Å². The summed E-state index contributed by atoms with van der Waals surface area (Å²) < 4.78 is 5.62. The van der Waals surface area contributed by atoms with Crippen molar-refractivity contribution in [3.05, 3.63) is 66.4 Å². The zero-order valence-corrected chi connectivity index (χ0v) is 11.9. The summed E-state index contributed by atoms with van der Waals surface area (Å²) in [7, 11) is 0. The molecule has 1 aliphatic heterocycles. The second-order valence-electron chi connectivity index (χ2n) is 5.15. The Morgan fingerprint density at radius 1 is 1.05 bits per heavy atom. The number of anilines is 1. The van der Waals surface area contributed by atoms with Crippen molar-refractivity contribution in [1.82, 2.24) is 4.98 Å². The summed E-state index contributed by atoms with van der Waals surface area (Å²) in [5, 5.41) is 0.874. The lowest BCUT2D eigenvalue weighted by atomic mass is 10.1. The van der Waals surface area contributed by atoms with Crippen molar-refractivity contribution in [1.29, 1.82) is 0 Å². The van der Waals surface area contributed by atoms with Crippen LogP contribution in [-0.2, 0) is 0 Å². The van der Waals surface area contributed by atoms with Crippen molar-refractivity contribution in [2.45, 2.75) is 0 Å². The Hall–Kier alpha value is -2.88. The molecule has 0 saturated carbocycles. The van der Waals surface area contributed by atoms with E-state index in [0.29, 0.717) is 18.7 Å². The van der Waals surface area contributed by atoms with Crippen molar-refractivity contribution >= 4 is 22.5 Å². The van der Waals surface area contributed by atoms with Crippen LogP contribution in [0, 0.1) is 0 Å². The van der Waals surface area contributed by atoms with E-state index in [1.807, 2.05) is 54.6 Å². The van der Waals surface area contributed by atoms with Gasteiger partial charge in [-0.05, 0) is 30.3 Å². The molecule has 0 aliphatic carbocycles. The van der Waals surface area contributed by atoms with Crippen LogP contribution in [0.2, 0.25) is 0 Å². The normalized spacial score (nSPS) is 13.5. The molecule has 0 radical (unpaired) electrons. The van der Waals surface area contributed by atoms with Gasteiger partial charge >= 0.3 is 0 Å². The zero-order chi connectivity index (χ0) is 14.9. The maximum Gasteiger partial charge on any atom is 0.259 e. The number of fused-ring (bicyclic) bond motifs is 2. The number of nitrogens with zero attached hydrogens (tertiary/aromatic N) is 2. The van der Waals surface area contributed by atoms with Crippen molar-refractivity contribution in [3.8, 4) is 5.75 Å². The van der Waals surface area contributed by atoms with E-state index in [2.05, 4.69) is 4.98 Å². The minimum atomic E-state index is -0.0191. The van der Waals surface area contributed by atoms with Crippen molar-refractivity contribution in [2.24, 2.45) is 0 Å². The predicted octanol–water partition coefficient (Wildman–Crippen LogP) is 3.27. The quantitative estimate of drug-likeness (QED) is 0.690. The Kier molecular flexibility index (Phi) is 3.00. The smallest absolute Gasteiger partial charge is 0.259 e. The summed E-state index contributed by atoms with van der Waals surface area (Å²) in [5.41, 5.74) is 2.32. The fraction of sp³-hybridized carbons (Fsp3) is 0.111. The lowest BCUT2D eigenvalue weighted by molar-refractivity contribution is 0.0978. The number of carbonyl (C=O) groups is 1. The van der Waals surface area contributed by atoms with Crippen LogP contribution in [-0.4, -0.2) is 24.0 Å². The van der Waals surface area contributed by atoms with Crippen LogP contribution in [0.25, 0.3) is 10.9 Å². The van der Waals surface area contributed by atoms with Crippen molar-refractivity contribution in [3.63, 3.8) is 0 Å². The first kappa shape index (κ1) is 12.8. The molecule has 0 bridgehead atoms. The fourth-order valence-electron chi connectivity index (χ4n) is 2.82. The van der Waals surface area contributed by atoms with E-state index >= 15 is 0 Å². The third-order valence-corrected chi connectivity index (χ3v) is 3.85. The molecule has 22 heavy (non-hydrogen) atoms. The molecule has 2 aromatic carbocycles. The molecule has 0 saturated heterocycles. The number of benzene rings is 2. The minimum Gasteiger partial charge on any atom is -0.490 e. The number of ether oxygens (including phenoxy) is 1. The number of carbonyl (C=O) groups excluding carboxylic acids is 1. The fourth-order valence-corrected chi connectivity index (χ4v) is 2.82. The molecule has 4 heteroatoms. The Balaban J connectivity index is 1.82. The first-order valence-electron chi connectivity index (χ1n) is 7.22. The molecule has 4 rings (SSSR count). The van der Waals surface area contributed by atoms with Crippen LogP contribution in [0.5, 0.6) is 5.75 Å². The SMILES string of the molecule is O=C(c1cccc2ncccc12)N1CCOc2ccccc21. The number of amides is 1. The summed E-state index contributed by atoms with van der Waals surface area (Å²) in [6.07, 6.45) is 1.74. The van der Waals surface area contributed by atoms with Gasteiger partial charge < -0.3 is 9.64 Å². The highest BCUT2D eigenvalue weighted by Crippen LogP contribution is 2.32. The molecule has 1 aliphatic rings. The van der Waals surface area contributed by atoms with E-state index in [4.69, 9.17) is 4.74 Å². The number of para-hydroxylation sites is 2. The monoisotopic (exact) mass is 290 g/mol. The largest absolute Gasteiger partial charge is 0.490 e. The molecule has 0 fully saturated rings.